The Hall–Kier alpha value is -2.12. The molecule has 2 aromatic heterocycles. The van der Waals surface area contributed by atoms with Crippen LogP contribution in [0.5, 0.6) is 0 Å². The predicted molar refractivity (Wildman–Crippen MR) is 118 cm³/mol. The van der Waals surface area contributed by atoms with Gasteiger partial charge in [-0.1, -0.05) is 37.7 Å². The molecule has 0 aliphatic rings. The molecule has 0 aliphatic heterocycles. The zero-order valence-electron chi connectivity index (χ0n) is 16.6. The molecule has 0 saturated carbocycles. The second kappa shape index (κ2) is 8.92. The molecule has 5 nitrogen and oxygen atoms in total. The van der Waals surface area contributed by atoms with Crippen molar-refractivity contribution in [2.75, 3.05) is 12.3 Å². The lowest BCUT2D eigenvalue weighted by atomic mass is 10.1. The lowest BCUT2D eigenvalue weighted by molar-refractivity contribution is -0.118. The molecule has 2 heterocycles. The van der Waals surface area contributed by atoms with Gasteiger partial charge in [-0.2, -0.15) is 0 Å². The van der Waals surface area contributed by atoms with Gasteiger partial charge < -0.3 is 5.32 Å². The molecule has 28 heavy (non-hydrogen) atoms. The minimum atomic E-state index is -0.0867. The zero-order valence-corrected chi connectivity index (χ0v) is 18.2. The monoisotopic (exact) mass is 415 g/mol. The molecule has 1 amide bonds. The minimum absolute atomic E-state index is 0.0437. The molecule has 0 aliphatic carbocycles. The number of rotatable bonds is 7. The van der Waals surface area contributed by atoms with Crippen LogP contribution in [0.4, 0.5) is 0 Å². The molecule has 1 aromatic carbocycles. The van der Waals surface area contributed by atoms with Crippen LogP contribution in [0.15, 0.2) is 39.6 Å². The second-order valence-corrected chi connectivity index (χ2v) is 9.07. The number of amides is 1. The van der Waals surface area contributed by atoms with Gasteiger partial charge in [0, 0.05) is 6.54 Å². The van der Waals surface area contributed by atoms with Crippen molar-refractivity contribution in [1.82, 2.24) is 14.9 Å². The summed E-state index contributed by atoms with van der Waals surface area (Å²) in [6.45, 7) is 8.95. The standard InChI is InChI=1S/C21H25N3O2S2/c1-13(2)8-10-22-18(25)12-28-21-23-16-9-11-27-19(16)20(26)24(21)17-7-5-6-14(3)15(17)4/h5-7,9,11,13H,8,10,12H2,1-4H3,(H,22,25). The smallest absolute Gasteiger partial charge is 0.276 e. The number of nitrogens with zero attached hydrogens (tertiary/aromatic N) is 2. The topological polar surface area (TPSA) is 64.0 Å². The highest BCUT2D eigenvalue weighted by Gasteiger charge is 2.17. The number of nitrogens with one attached hydrogen (secondary N) is 1. The Morgan fingerprint density at radius 3 is 2.82 bits per heavy atom. The summed E-state index contributed by atoms with van der Waals surface area (Å²) in [7, 11) is 0. The average Bonchev–Trinajstić information content (AvgIpc) is 3.11. The molecule has 3 rings (SSSR count). The number of benzene rings is 1. The number of carbonyl (C=O) groups is 1. The Bertz CT molecular complexity index is 1050. The van der Waals surface area contributed by atoms with Crippen molar-refractivity contribution in [3.05, 3.63) is 51.1 Å². The SMILES string of the molecule is Cc1cccc(-n2c(SCC(=O)NCCC(C)C)nc3ccsc3c2=O)c1C. The van der Waals surface area contributed by atoms with Crippen molar-refractivity contribution >= 4 is 39.2 Å². The van der Waals surface area contributed by atoms with E-state index < -0.39 is 0 Å². The number of hydrogen-bond acceptors (Lipinski definition) is 5. The largest absolute Gasteiger partial charge is 0.355 e. The fourth-order valence-corrected chi connectivity index (χ4v) is 4.46. The van der Waals surface area contributed by atoms with E-state index in [4.69, 9.17) is 0 Å². The Balaban J connectivity index is 1.94. The van der Waals surface area contributed by atoms with Crippen LogP contribution >= 0.6 is 23.1 Å². The van der Waals surface area contributed by atoms with Gasteiger partial charge in [-0.3, -0.25) is 14.2 Å². The van der Waals surface area contributed by atoms with E-state index >= 15 is 0 Å². The first kappa shape index (κ1) is 20.6. The van der Waals surface area contributed by atoms with Gasteiger partial charge in [0.05, 0.1) is 17.0 Å². The predicted octanol–water partition coefficient (Wildman–Crippen LogP) is 4.32. The third-order valence-electron chi connectivity index (χ3n) is 4.64. The van der Waals surface area contributed by atoms with Gasteiger partial charge >= 0.3 is 0 Å². The minimum Gasteiger partial charge on any atom is -0.355 e. The van der Waals surface area contributed by atoms with Crippen LogP contribution in [0.1, 0.15) is 31.4 Å². The van der Waals surface area contributed by atoms with E-state index in [0.717, 1.165) is 23.2 Å². The third-order valence-corrected chi connectivity index (χ3v) is 6.47. The van der Waals surface area contributed by atoms with Crippen molar-refractivity contribution in [3.8, 4) is 5.69 Å². The summed E-state index contributed by atoms with van der Waals surface area (Å²) in [6.07, 6.45) is 0.947. The molecule has 0 atom stereocenters. The summed E-state index contributed by atoms with van der Waals surface area (Å²) in [6, 6.07) is 7.74. The highest BCUT2D eigenvalue weighted by molar-refractivity contribution is 7.99. The second-order valence-electron chi connectivity index (χ2n) is 7.21. The maximum Gasteiger partial charge on any atom is 0.276 e. The molecular formula is C21H25N3O2S2. The van der Waals surface area contributed by atoms with Gasteiger partial charge in [0.15, 0.2) is 5.16 Å². The molecule has 0 bridgehead atoms. The molecular weight excluding hydrogens is 390 g/mol. The third kappa shape index (κ3) is 4.47. The zero-order chi connectivity index (χ0) is 20.3. The normalized spacial score (nSPS) is 11.3. The van der Waals surface area contributed by atoms with Gasteiger partial charge in [-0.15, -0.1) is 11.3 Å². The molecule has 0 fully saturated rings. The lowest BCUT2D eigenvalue weighted by Gasteiger charge is -2.15. The van der Waals surface area contributed by atoms with Gasteiger partial charge in [-0.05, 0) is 54.8 Å². The summed E-state index contributed by atoms with van der Waals surface area (Å²) >= 11 is 2.70. The molecule has 1 N–H and O–H groups in total. The van der Waals surface area contributed by atoms with E-state index in [1.807, 2.05) is 43.5 Å². The number of thioether (sulfide) groups is 1. The molecule has 148 valence electrons. The van der Waals surface area contributed by atoms with Crippen LogP contribution in [0, 0.1) is 19.8 Å². The van der Waals surface area contributed by atoms with Crippen LogP contribution < -0.4 is 10.9 Å². The number of carbonyl (C=O) groups excluding carboxylic acids is 1. The molecule has 0 saturated heterocycles. The van der Waals surface area contributed by atoms with Gasteiger partial charge in [0.25, 0.3) is 5.56 Å². The van der Waals surface area contributed by atoms with Crippen molar-refractivity contribution in [3.63, 3.8) is 0 Å². The summed E-state index contributed by atoms with van der Waals surface area (Å²) in [5, 5.41) is 5.36. The van der Waals surface area contributed by atoms with E-state index in [-0.39, 0.29) is 17.2 Å². The van der Waals surface area contributed by atoms with E-state index in [9.17, 15) is 9.59 Å². The Labute approximate surface area is 173 Å². The Morgan fingerprint density at radius 1 is 1.29 bits per heavy atom. The summed E-state index contributed by atoms with van der Waals surface area (Å²) in [5.41, 5.74) is 3.55. The van der Waals surface area contributed by atoms with E-state index in [1.54, 1.807) is 4.57 Å². The summed E-state index contributed by atoms with van der Waals surface area (Å²) in [4.78, 5) is 30.1. The number of aryl methyl sites for hydroxylation is 1. The Kier molecular flexibility index (Phi) is 6.57. The number of thiophene rings is 1. The first-order chi connectivity index (χ1) is 13.4. The van der Waals surface area contributed by atoms with Gasteiger partial charge in [0.2, 0.25) is 5.91 Å². The van der Waals surface area contributed by atoms with Crippen LogP contribution in [-0.2, 0) is 4.79 Å². The van der Waals surface area contributed by atoms with E-state index in [1.165, 1.54) is 23.1 Å². The molecule has 0 spiro atoms. The highest BCUT2D eigenvalue weighted by Crippen LogP contribution is 2.25. The van der Waals surface area contributed by atoms with Crippen LogP contribution in [0.25, 0.3) is 15.9 Å². The van der Waals surface area contributed by atoms with Crippen molar-refractivity contribution in [1.29, 1.82) is 0 Å². The van der Waals surface area contributed by atoms with Crippen LogP contribution in [0.2, 0.25) is 0 Å². The number of aromatic nitrogens is 2. The maximum absolute atomic E-state index is 13.2. The van der Waals surface area contributed by atoms with Gasteiger partial charge in [-0.25, -0.2) is 4.98 Å². The number of fused-ring (bicyclic) bond motifs is 1. The number of hydrogen-bond donors (Lipinski definition) is 1. The average molecular weight is 416 g/mol. The summed E-state index contributed by atoms with van der Waals surface area (Å²) in [5.74, 6) is 0.730. The first-order valence-corrected chi connectivity index (χ1v) is 11.2. The van der Waals surface area contributed by atoms with E-state index in [0.29, 0.717) is 27.8 Å². The maximum atomic E-state index is 13.2. The van der Waals surface area contributed by atoms with Crippen LogP contribution in [0.3, 0.4) is 0 Å². The molecule has 7 heteroatoms. The van der Waals surface area contributed by atoms with Crippen molar-refractivity contribution in [2.24, 2.45) is 5.92 Å². The fourth-order valence-electron chi connectivity index (χ4n) is 2.86. The molecule has 0 unspecified atom stereocenters. The molecule has 3 aromatic rings. The summed E-state index contributed by atoms with van der Waals surface area (Å²) < 4.78 is 2.28. The van der Waals surface area contributed by atoms with Crippen molar-refractivity contribution in [2.45, 2.75) is 39.3 Å². The van der Waals surface area contributed by atoms with E-state index in [2.05, 4.69) is 24.1 Å². The van der Waals surface area contributed by atoms with Crippen molar-refractivity contribution < 1.29 is 4.79 Å². The highest BCUT2D eigenvalue weighted by atomic mass is 32.2. The lowest BCUT2D eigenvalue weighted by Crippen LogP contribution is -2.28. The fraction of sp³-hybridized carbons (Fsp3) is 0.381. The first-order valence-electron chi connectivity index (χ1n) is 9.34. The van der Waals surface area contributed by atoms with Crippen LogP contribution in [-0.4, -0.2) is 27.8 Å². The van der Waals surface area contributed by atoms with Gasteiger partial charge in [0.1, 0.15) is 4.70 Å². The molecule has 0 radical (unpaired) electrons. The quantitative estimate of drug-likeness (QED) is 0.461. The Morgan fingerprint density at radius 2 is 2.07 bits per heavy atom.